The maximum absolute atomic E-state index is 5.01. The second-order valence-electron chi connectivity index (χ2n) is 3.77. The first-order valence-electron chi connectivity index (χ1n) is 5.02. The molecule has 0 amide bonds. The van der Waals surface area contributed by atoms with Crippen molar-refractivity contribution in [2.75, 3.05) is 47.4 Å². The first-order chi connectivity index (χ1) is 6.20. The van der Waals surface area contributed by atoms with Crippen LogP contribution in [0.4, 0.5) is 0 Å². The molecular weight excluding hydrogens is 164 g/mol. The molecule has 0 aromatic heterocycles. The first kappa shape index (κ1) is 12.9. The average molecular weight is 188 g/mol. The quantitative estimate of drug-likeness (QED) is 0.571. The van der Waals surface area contributed by atoms with Crippen molar-refractivity contribution in [2.24, 2.45) is 5.92 Å². The third-order valence-electron chi connectivity index (χ3n) is 2.06. The molecule has 0 spiro atoms. The minimum absolute atomic E-state index is 0.720. The van der Waals surface area contributed by atoms with Crippen LogP contribution in [0.3, 0.4) is 0 Å². The molecule has 3 heteroatoms. The molecule has 0 aliphatic rings. The molecule has 0 rings (SSSR count). The van der Waals surface area contributed by atoms with Crippen LogP contribution in [0.25, 0.3) is 0 Å². The third-order valence-corrected chi connectivity index (χ3v) is 2.06. The van der Waals surface area contributed by atoms with Gasteiger partial charge in [-0.1, -0.05) is 6.92 Å². The Hall–Kier alpha value is -0.120. The van der Waals surface area contributed by atoms with Crippen molar-refractivity contribution in [2.45, 2.75) is 13.3 Å². The molecule has 1 unspecified atom stereocenters. The summed E-state index contributed by atoms with van der Waals surface area (Å²) in [5.41, 5.74) is 0. The van der Waals surface area contributed by atoms with E-state index in [1.54, 1.807) is 7.11 Å². The highest BCUT2D eigenvalue weighted by Crippen LogP contribution is 1.97. The fraction of sp³-hybridized carbons (Fsp3) is 1.00. The summed E-state index contributed by atoms with van der Waals surface area (Å²) in [6.07, 6.45) is 1.12. The van der Waals surface area contributed by atoms with Crippen LogP contribution in [0, 0.1) is 5.92 Å². The van der Waals surface area contributed by atoms with E-state index in [9.17, 15) is 0 Å². The van der Waals surface area contributed by atoms with E-state index in [1.165, 1.54) is 0 Å². The molecule has 0 aromatic rings. The molecular formula is C10H24N2O. The van der Waals surface area contributed by atoms with Gasteiger partial charge in [-0.15, -0.1) is 0 Å². The predicted molar refractivity (Wildman–Crippen MR) is 57.1 cm³/mol. The summed E-state index contributed by atoms with van der Waals surface area (Å²) in [5.74, 6) is 0.720. The Morgan fingerprint density at radius 1 is 1.46 bits per heavy atom. The molecule has 0 saturated carbocycles. The van der Waals surface area contributed by atoms with Crippen LogP contribution in [0.2, 0.25) is 0 Å². The molecule has 1 atom stereocenters. The van der Waals surface area contributed by atoms with Gasteiger partial charge in [-0.25, -0.2) is 0 Å². The van der Waals surface area contributed by atoms with Gasteiger partial charge in [0.15, 0.2) is 0 Å². The van der Waals surface area contributed by atoms with Gasteiger partial charge in [-0.05, 0) is 33.0 Å². The predicted octanol–water partition coefficient (Wildman–Crippen LogP) is 0.810. The van der Waals surface area contributed by atoms with Gasteiger partial charge in [0.2, 0.25) is 0 Å². The van der Waals surface area contributed by atoms with E-state index in [0.717, 1.165) is 38.6 Å². The van der Waals surface area contributed by atoms with Gasteiger partial charge in [0.05, 0.1) is 0 Å². The van der Waals surface area contributed by atoms with E-state index in [1.807, 2.05) is 7.05 Å². The summed E-state index contributed by atoms with van der Waals surface area (Å²) in [7, 11) is 5.92. The van der Waals surface area contributed by atoms with Gasteiger partial charge in [0.1, 0.15) is 0 Å². The Bertz CT molecular complexity index is 109. The lowest BCUT2D eigenvalue weighted by molar-refractivity contribution is 0.175. The Morgan fingerprint density at radius 2 is 2.15 bits per heavy atom. The highest BCUT2D eigenvalue weighted by molar-refractivity contribution is 4.60. The first-order valence-corrected chi connectivity index (χ1v) is 5.02. The summed E-state index contributed by atoms with van der Waals surface area (Å²) < 4.78 is 5.01. The van der Waals surface area contributed by atoms with Gasteiger partial charge in [-0.3, -0.25) is 0 Å². The molecule has 0 saturated heterocycles. The lowest BCUT2D eigenvalue weighted by Gasteiger charge is -2.20. The number of hydrogen-bond acceptors (Lipinski definition) is 3. The average Bonchev–Trinajstić information content (AvgIpc) is 2.05. The van der Waals surface area contributed by atoms with Crippen molar-refractivity contribution >= 4 is 0 Å². The minimum Gasteiger partial charge on any atom is -0.385 e. The zero-order chi connectivity index (χ0) is 10.1. The largest absolute Gasteiger partial charge is 0.385 e. The van der Waals surface area contributed by atoms with Crippen LogP contribution in [-0.4, -0.2) is 52.3 Å². The fourth-order valence-corrected chi connectivity index (χ4v) is 1.52. The van der Waals surface area contributed by atoms with Crippen LogP contribution >= 0.6 is 0 Å². The molecule has 0 radical (unpaired) electrons. The molecule has 1 N–H and O–H groups in total. The number of nitrogens with one attached hydrogen (secondary N) is 1. The van der Waals surface area contributed by atoms with Gasteiger partial charge >= 0.3 is 0 Å². The smallest absolute Gasteiger partial charge is 0.0474 e. The minimum atomic E-state index is 0.720. The third kappa shape index (κ3) is 8.22. The van der Waals surface area contributed by atoms with Crippen LogP contribution in [0.5, 0.6) is 0 Å². The molecule has 13 heavy (non-hydrogen) atoms. The van der Waals surface area contributed by atoms with Gasteiger partial charge in [-0.2, -0.15) is 0 Å². The number of hydrogen-bond donors (Lipinski definition) is 1. The van der Waals surface area contributed by atoms with E-state index >= 15 is 0 Å². The molecule has 0 bridgehead atoms. The van der Waals surface area contributed by atoms with Gasteiger partial charge in [0.25, 0.3) is 0 Å². The van der Waals surface area contributed by atoms with Crippen LogP contribution < -0.4 is 5.32 Å². The maximum atomic E-state index is 5.01. The highest BCUT2D eigenvalue weighted by atomic mass is 16.5. The normalized spacial score (nSPS) is 13.6. The van der Waals surface area contributed by atoms with E-state index < -0.39 is 0 Å². The van der Waals surface area contributed by atoms with Crippen LogP contribution in [-0.2, 0) is 4.74 Å². The number of methoxy groups -OCH3 is 1. The van der Waals surface area contributed by atoms with E-state index in [4.69, 9.17) is 4.74 Å². The Balaban J connectivity index is 3.32. The SMILES string of the molecule is CNCC(C)CN(C)CCCOC. The number of ether oxygens (including phenoxy) is 1. The second kappa shape index (κ2) is 8.48. The molecule has 0 aromatic carbocycles. The topological polar surface area (TPSA) is 24.5 Å². The molecule has 0 fully saturated rings. The van der Waals surface area contributed by atoms with Crippen molar-refractivity contribution < 1.29 is 4.74 Å². The second-order valence-corrected chi connectivity index (χ2v) is 3.77. The van der Waals surface area contributed by atoms with Crippen LogP contribution in [0.15, 0.2) is 0 Å². The number of nitrogens with zero attached hydrogens (tertiary/aromatic N) is 1. The molecule has 3 nitrogen and oxygen atoms in total. The van der Waals surface area contributed by atoms with Gasteiger partial charge in [0, 0.05) is 26.8 Å². The van der Waals surface area contributed by atoms with Crippen molar-refractivity contribution in [3.8, 4) is 0 Å². The van der Waals surface area contributed by atoms with E-state index in [2.05, 4.69) is 24.2 Å². The van der Waals surface area contributed by atoms with Crippen molar-refractivity contribution in [1.82, 2.24) is 10.2 Å². The van der Waals surface area contributed by atoms with E-state index in [0.29, 0.717) is 0 Å². The van der Waals surface area contributed by atoms with Crippen molar-refractivity contribution in [3.05, 3.63) is 0 Å². The fourth-order valence-electron chi connectivity index (χ4n) is 1.52. The summed E-state index contributed by atoms with van der Waals surface area (Å²) in [6.45, 7) is 6.51. The Kier molecular flexibility index (Phi) is 8.40. The van der Waals surface area contributed by atoms with E-state index in [-0.39, 0.29) is 0 Å². The van der Waals surface area contributed by atoms with Crippen molar-refractivity contribution in [1.29, 1.82) is 0 Å². The number of rotatable bonds is 8. The maximum Gasteiger partial charge on any atom is 0.0474 e. The molecule has 80 valence electrons. The molecule has 0 aliphatic carbocycles. The summed E-state index contributed by atoms with van der Waals surface area (Å²) in [4.78, 5) is 2.36. The lowest BCUT2D eigenvalue weighted by atomic mass is 10.1. The Labute approximate surface area is 82.4 Å². The lowest BCUT2D eigenvalue weighted by Crippen LogP contribution is -2.30. The molecule has 0 heterocycles. The standard InChI is InChI=1S/C10H24N2O/c1-10(8-11-2)9-12(3)6-5-7-13-4/h10-11H,5-9H2,1-4H3. The zero-order valence-electron chi connectivity index (χ0n) is 9.47. The van der Waals surface area contributed by atoms with Crippen molar-refractivity contribution in [3.63, 3.8) is 0 Å². The highest BCUT2D eigenvalue weighted by Gasteiger charge is 2.04. The molecule has 0 aliphatic heterocycles. The van der Waals surface area contributed by atoms with Crippen LogP contribution in [0.1, 0.15) is 13.3 Å². The summed E-state index contributed by atoms with van der Waals surface area (Å²) in [5, 5.41) is 3.19. The van der Waals surface area contributed by atoms with Gasteiger partial charge < -0.3 is 15.0 Å². The Morgan fingerprint density at radius 3 is 2.69 bits per heavy atom. The zero-order valence-corrected chi connectivity index (χ0v) is 9.47. The summed E-state index contributed by atoms with van der Waals surface area (Å²) in [6, 6.07) is 0. The monoisotopic (exact) mass is 188 g/mol. The summed E-state index contributed by atoms with van der Waals surface area (Å²) >= 11 is 0.